The van der Waals surface area contributed by atoms with Crippen LogP contribution in [-0.4, -0.2) is 51.0 Å². The number of aliphatic hydroxyl groups excluding tert-OH is 2. The molecule has 1 rings (SSSR count). The zero-order chi connectivity index (χ0) is 13.7. The molecule has 0 aromatic carbocycles. The number of aryl methyl sites for hydroxylation is 1. The minimum absolute atomic E-state index is 0.0397. The molecule has 1 heterocycles. The van der Waals surface area contributed by atoms with E-state index in [4.69, 9.17) is 10.2 Å². The maximum Gasteiger partial charge on any atom is 0.407 e. The van der Waals surface area contributed by atoms with Gasteiger partial charge < -0.3 is 20.2 Å². The lowest BCUT2D eigenvalue weighted by molar-refractivity contribution is 0.0851. The summed E-state index contributed by atoms with van der Waals surface area (Å²) in [5.41, 5.74) is 1.20. The second-order valence-corrected chi connectivity index (χ2v) is 4.74. The molecule has 100 valence electrons. The summed E-state index contributed by atoms with van der Waals surface area (Å²) in [7, 11) is 0. The number of rotatable bonds is 5. The van der Waals surface area contributed by atoms with Gasteiger partial charge in [-0.2, -0.15) is 0 Å². The molecule has 0 aliphatic carbocycles. The molecule has 7 heteroatoms. The molecule has 0 aliphatic heterocycles. The van der Waals surface area contributed by atoms with Gasteiger partial charge in [0.2, 0.25) is 0 Å². The first-order valence-corrected chi connectivity index (χ1v) is 6.13. The van der Waals surface area contributed by atoms with Crippen molar-refractivity contribution in [2.75, 3.05) is 19.7 Å². The van der Waals surface area contributed by atoms with Crippen molar-refractivity contribution < 1.29 is 20.1 Å². The number of hydrogen-bond acceptors (Lipinski definition) is 4. The van der Waals surface area contributed by atoms with Crippen LogP contribution in [0.15, 0.2) is 16.7 Å². The fourth-order valence-corrected chi connectivity index (χ4v) is 2.03. The highest BCUT2D eigenvalue weighted by Crippen LogP contribution is 2.19. The Bertz CT molecular complexity index is 428. The molecule has 0 spiro atoms. The Balaban J connectivity index is 2.80. The van der Waals surface area contributed by atoms with E-state index in [0.29, 0.717) is 5.69 Å². The van der Waals surface area contributed by atoms with E-state index in [0.717, 1.165) is 14.9 Å². The fourth-order valence-electron chi connectivity index (χ4n) is 1.58. The molecule has 3 N–H and O–H groups in total. The van der Waals surface area contributed by atoms with Gasteiger partial charge in [0.1, 0.15) is 6.10 Å². The lowest BCUT2D eigenvalue weighted by Gasteiger charge is -2.22. The van der Waals surface area contributed by atoms with Crippen LogP contribution in [0.2, 0.25) is 0 Å². The summed E-state index contributed by atoms with van der Waals surface area (Å²) in [6.07, 6.45) is -0.651. The number of aliphatic hydroxyl groups is 2. The molecule has 6 nitrogen and oxygen atoms in total. The summed E-state index contributed by atoms with van der Waals surface area (Å²) in [6.45, 7) is 1.34. The first-order valence-electron chi connectivity index (χ1n) is 5.34. The van der Waals surface area contributed by atoms with E-state index in [9.17, 15) is 9.90 Å². The second kappa shape index (κ2) is 6.67. The van der Waals surface area contributed by atoms with Gasteiger partial charge in [0, 0.05) is 17.2 Å². The quantitative estimate of drug-likeness (QED) is 0.757. The predicted octanol–water partition coefficient (Wildman–Crippen LogP) is 1.16. The Hall–Kier alpha value is -1.18. The predicted molar refractivity (Wildman–Crippen MR) is 68.3 cm³/mol. The van der Waals surface area contributed by atoms with Gasteiger partial charge in [-0.15, -0.1) is 0 Å². The standard InChI is InChI=1S/C11H15BrN2O4/c1-7-4-8(12)5-13-10(7)9(16)6-14(2-3-15)11(17)18/h4-5,9,15-16H,2-3,6H2,1H3,(H,17,18). The van der Waals surface area contributed by atoms with Crippen LogP contribution in [0.4, 0.5) is 4.79 Å². The number of halogens is 1. The average Bonchev–Trinajstić information content (AvgIpc) is 2.27. The molecule has 1 unspecified atom stereocenters. The van der Waals surface area contributed by atoms with Gasteiger partial charge in [-0.05, 0) is 34.5 Å². The van der Waals surface area contributed by atoms with Gasteiger partial charge in [0.25, 0.3) is 0 Å². The average molecular weight is 319 g/mol. The van der Waals surface area contributed by atoms with E-state index in [-0.39, 0.29) is 19.7 Å². The smallest absolute Gasteiger partial charge is 0.407 e. The van der Waals surface area contributed by atoms with Crippen LogP contribution >= 0.6 is 15.9 Å². The highest BCUT2D eigenvalue weighted by molar-refractivity contribution is 9.10. The van der Waals surface area contributed by atoms with Gasteiger partial charge in [-0.1, -0.05) is 0 Å². The van der Waals surface area contributed by atoms with Crippen molar-refractivity contribution in [3.05, 3.63) is 28.0 Å². The molecular formula is C11H15BrN2O4. The van der Waals surface area contributed by atoms with Crippen LogP contribution in [0, 0.1) is 6.92 Å². The summed E-state index contributed by atoms with van der Waals surface area (Å²) >= 11 is 3.26. The van der Waals surface area contributed by atoms with Crippen LogP contribution in [0.5, 0.6) is 0 Å². The minimum Gasteiger partial charge on any atom is -0.465 e. The fraction of sp³-hybridized carbons (Fsp3) is 0.455. The van der Waals surface area contributed by atoms with Crippen molar-refractivity contribution in [2.24, 2.45) is 0 Å². The van der Waals surface area contributed by atoms with E-state index in [2.05, 4.69) is 20.9 Å². The van der Waals surface area contributed by atoms with Crippen molar-refractivity contribution in [3.8, 4) is 0 Å². The molecule has 0 radical (unpaired) electrons. The summed E-state index contributed by atoms with van der Waals surface area (Å²) in [4.78, 5) is 15.9. The van der Waals surface area contributed by atoms with Crippen LogP contribution in [0.25, 0.3) is 0 Å². The maximum atomic E-state index is 10.9. The molecule has 0 fully saturated rings. The number of carboxylic acid groups (broad SMARTS) is 1. The Labute approximate surface area is 113 Å². The molecule has 0 saturated carbocycles. The number of amides is 1. The van der Waals surface area contributed by atoms with Crippen molar-refractivity contribution in [2.45, 2.75) is 13.0 Å². The largest absolute Gasteiger partial charge is 0.465 e. The maximum absolute atomic E-state index is 10.9. The lowest BCUT2D eigenvalue weighted by atomic mass is 10.1. The molecule has 18 heavy (non-hydrogen) atoms. The van der Waals surface area contributed by atoms with Crippen LogP contribution in [0.3, 0.4) is 0 Å². The number of nitrogens with zero attached hydrogens (tertiary/aromatic N) is 2. The summed E-state index contributed by atoms with van der Waals surface area (Å²) in [5, 5.41) is 27.6. The molecular weight excluding hydrogens is 304 g/mol. The van der Waals surface area contributed by atoms with Crippen LogP contribution < -0.4 is 0 Å². The van der Waals surface area contributed by atoms with Gasteiger partial charge in [-0.25, -0.2) is 4.79 Å². The van der Waals surface area contributed by atoms with Crippen LogP contribution in [0.1, 0.15) is 17.4 Å². The zero-order valence-electron chi connectivity index (χ0n) is 9.88. The van der Waals surface area contributed by atoms with Crippen molar-refractivity contribution in [3.63, 3.8) is 0 Å². The third-order valence-electron chi connectivity index (χ3n) is 2.43. The molecule has 1 aromatic heterocycles. The number of carbonyl (C=O) groups is 1. The zero-order valence-corrected chi connectivity index (χ0v) is 11.5. The third-order valence-corrected chi connectivity index (χ3v) is 2.87. The third kappa shape index (κ3) is 3.94. The molecule has 1 aromatic rings. The topological polar surface area (TPSA) is 93.9 Å². The molecule has 1 amide bonds. The number of hydrogen-bond donors (Lipinski definition) is 3. The number of aromatic nitrogens is 1. The van der Waals surface area contributed by atoms with E-state index in [1.54, 1.807) is 19.2 Å². The van der Waals surface area contributed by atoms with Crippen LogP contribution in [-0.2, 0) is 0 Å². The second-order valence-electron chi connectivity index (χ2n) is 3.82. The Morgan fingerprint density at radius 3 is 2.78 bits per heavy atom. The first kappa shape index (κ1) is 14.9. The molecule has 0 bridgehead atoms. The van der Waals surface area contributed by atoms with Gasteiger partial charge in [0.15, 0.2) is 0 Å². The van der Waals surface area contributed by atoms with Gasteiger partial charge >= 0.3 is 6.09 Å². The Morgan fingerprint density at radius 1 is 1.61 bits per heavy atom. The SMILES string of the molecule is Cc1cc(Br)cnc1C(O)CN(CCO)C(=O)O. The Kier molecular flexibility index (Phi) is 5.52. The molecule has 0 saturated heterocycles. The van der Waals surface area contributed by atoms with Crippen molar-refractivity contribution in [1.29, 1.82) is 0 Å². The highest BCUT2D eigenvalue weighted by Gasteiger charge is 2.19. The normalized spacial score (nSPS) is 12.2. The molecule has 0 aliphatic rings. The van der Waals surface area contributed by atoms with Gasteiger partial charge in [0.05, 0.1) is 18.8 Å². The highest BCUT2D eigenvalue weighted by atomic mass is 79.9. The summed E-state index contributed by atoms with van der Waals surface area (Å²) in [5.74, 6) is 0. The Morgan fingerprint density at radius 2 is 2.28 bits per heavy atom. The number of pyridine rings is 1. The minimum atomic E-state index is -1.18. The van der Waals surface area contributed by atoms with Crippen molar-refractivity contribution in [1.82, 2.24) is 9.88 Å². The van der Waals surface area contributed by atoms with E-state index >= 15 is 0 Å². The van der Waals surface area contributed by atoms with E-state index in [1.807, 2.05) is 0 Å². The lowest BCUT2D eigenvalue weighted by Crippen LogP contribution is -2.36. The van der Waals surface area contributed by atoms with Crippen molar-refractivity contribution >= 4 is 22.0 Å². The summed E-state index contributed by atoms with van der Waals surface area (Å²) in [6, 6.07) is 1.79. The molecule has 1 atom stereocenters. The van der Waals surface area contributed by atoms with Gasteiger partial charge in [-0.3, -0.25) is 4.98 Å². The van der Waals surface area contributed by atoms with E-state index < -0.39 is 12.2 Å². The monoisotopic (exact) mass is 318 g/mol. The first-order chi connectivity index (χ1) is 8.45. The van der Waals surface area contributed by atoms with E-state index in [1.165, 1.54) is 0 Å². The summed E-state index contributed by atoms with van der Waals surface area (Å²) < 4.78 is 0.793.